The van der Waals surface area contributed by atoms with Crippen molar-refractivity contribution in [1.29, 1.82) is 0 Å². The molecule has 2 unspecified atom stereocenters. The van der Waals surface area contributed by atoms with Gasteiger partial charge in [0, 0.05) is 25.0 Å². The van der Waals surface area contributed by atoms with E-state index in [4.69, 9.17) is 9.47 Å². The molecule has 1 aromatic carbocycles. The number of amides is 1. The maximum absolute atomic E-state index is 13.1. The van der Waals surface area contributed by atoms with Crippen LogP contribution in [0.5, 0.6) is 5.75 Å². The molecule has 1 aliphatic heterocycles. The number of nitrogens with one attached hydrogen (secondary N) is 1. The highest BCUT2D eigenvalue weighted by molar-refractivity contribution is 7.14. The first kappa shape index (κ1) is 24.2. The molecular weight excluding hydrogens is 471 g/mol. The van der Waals surface area contributed by atoms with Crippen LogP contribution in [0.1, 0.15) is 35.6 Å². The minimum absolute atomic E-state index is 0.0625. The number of aromatic nitrogens is 3. The topological polar surface area (TPSA) is 81.5 Å². The number of hydrogen-bond acceptors (Lipinski definition) is 7. The van der Waals surface area contributed by atoms with E-state index < -0.39 is 17.6 Å². The zero-order valence-electron chi connectivity index (χ0n) is 18.8. The lowest BCUT2D eigenvalue weighted by atomic mass is 10.2. The summed E-state index contributed by atoms with van der Waals surface area (Å²) < 4.78 is 51.3. The van der Waals surface area contributed by atoms with E-state index in [1.54, 1.807) is 0 Å². The number of hydrogen-bond donors (Lipinski definition) is 1. The molecule has 12 heteroatoms. The molecule has 4 rings (SSSR count). The van der Waals surface area contributed by atoms with Crippen molar-refractivity contribution in [2.24, 2.45) is 0 Å². The molecular formula is C22H24F3N5O3S. The lowest BCUT2D eigenvalue weighted by molar-refractivity contribution is -0.137. The zero-order chi connectivity index (χ0) is 24.5. The number of morpholine rings is 1. The van der Waals surface area contributed by atoms with Crippen LogP contribution in [0.3, 0.4) is 0 Å². The predicted molar refractivity (Wildman–Crippen MR) is 120 cm³/mol. The zero-order valence-corrected chi connectivity index (χ0v) is 19.6. The Labute approximate surface area is 198 Å². The SMILES string of the molecule is COc1cn(-c2cccc(C(F)(F)F)c2)nc1C(=O)Nc1nc(CN2CC(C)OC(C)C2)cs1. The summed E-state index contributed by atoms with van der Waals surface area (Å²) in [5.74, 6) is -0.444. The van der Waals surface area contributed by atoms with Crippen LogP contribution in [0.2, 0.25) is 0 Å². The van der Waals surface area contributed by atoms with Gasteiger partial charge >= 0.3 is 6.18 Å². The second-order valence-corrected chi connectivity index (χ2v) is 8.95. The number of benzene rings is 1. The lowest BCUT2D eigenvalue weighted by Crippen LogP contribution is -2.44. The minimum Gasteiger partial charge on any atom is -0.493 e. The number of carbonyl (C=O) groups is 1. The summed E-state index contributed by atoms with van der Waals surface area (Å²) in [6, 6.07) is 4.66. The molecule has 3 heterocycles. The molecule has 182 valence electrons. The summed E-state index contributed by atoms with van der Waals surface area (Å²) in [4.78, 5) is 19.6. The van der Waals surface area contributed by atoms with Gasteiger partial charge < -0.3 is 9.47 Å². The average Bonchev–Trinajstić information content (AvgIpc) is 3.39. The van der Waals surface area contributed by atoms with Gasteiger partial charge in [-0.15, -0.1) is 11.3 Å². The van der Waals surface area contributed by atoms with E-state index in [1.165, 1.54) is 41.5 Å². The monoisotopic (exact) mass is 495 g/mol. The highest BCUT2D eigenvalue weighted by Gasteiger charge is 2.31. The molecule has 1 fully saturated rings. The Hall–Kier alpha value is -2.96. The van der Waals surface area contributed by atoms with Gasteiger partial charge in [0.2, 0.25) is 0 Å². The molecule has 0 radical (unpaired) electrons. The molecule has 1 saturated heterocycles. The average molecular weight is 496 g/mol. The Bertz CT molecular complexity index is 1150. The van der Waals surface area contributed by atoms with Crippen LogP contribution < -0.4 is 10.1 Å². The van der Waals surface area contributed by atoms with E-state index >= 15 is 0 Å². The number of ether oxygens (including phenoxy) is 2. The first-order valence-electron chi connectivity index (χ1n) is 10.6. The quantitative estimate of drug-likeness (QED) is 0.552. The molecule has 34 heavy (non-hydrogen) atoms. The summed E-state index contributed by atoms with van der Waals surface area (Å²) in [5.41, 5.74) is 0.0954. The fourth-order valence-corrected chi connectivity index (χ4v) is 4.55. The van der Waals surface area contributed by atoms with Gasteiger partial charge in [-0.3, -0.25) is 15.0 Å². The molecule has 0 aliphatic carbocycles. The van der Waals surface area contributed by atoms with Crippen molar-refractivity contribution < 1.29 is 27.4 Å². The molecule has 8 nitrogen and oxygen atoms in total. The van der Waals surface area contributed by atoms with Crippen molar-refractivity contribution in [3.05, 3.63) is 52.8 Å². The second-order valence-electron chi connectivity index (χ2n) is 8.09. The maximum atomic E-state index is 13.1. The first-order valence-corrected chi connectivity index (χ1v) is 11.4. The molecule has 1 N–H and O–H groups in total. The third-order valence-corrected chi connectivity index (χ3v) is 6.01. The van der Waals surface area contributed by atoms with Crippen molar-refractivity contribution in [2.75, 3.05) is 25.5 Å². The number of methoxy groups -OCH3 is 1. The fourth-order valence-electron chi connectivity index (χ4n) is 3.86. The maximum Gasteiger partial charge on any atom is 0.416 e. The van der Waals surface area contributed by atoms with Crippen molar-refractivity contribution in [1.82, 2.24) is 19.7 Å². The molecule has 0 spiro atoms. The molecule has 2 aromatic heterocycles. The predicted octanol–water partition coefficient (Wildman–Crippen LogP) is 4.22. The van der Waals surface area contributed by atoms with Gasteiger partial charge in [0.25, 0.3) is 5.91 Å². The van der Waals surface area contributed by atoms with Crippen LogP contribution in [0.15, 0.2) is 35.8 Å². The minimum atomic E-state index is -4.49. The highest BCUT2D eigenvalue weighted by atomic mass is 32.1. The number of nitrogens with zero attached hydrogens (tertiary/aromatic N) is 4. The van der Waals surface area contributed by atoms with Crippen molar-refractivity contribution in [2.45, 2.75) is 38.8 Å². The van der Waals surface area contributed by atoms with E-state index in [0.29, 0.717) is 11.7 Å². The molecule has 2 atom stereocenters. The summed E-state index contributed by atoms with van der Waals surface area (Å²) in [6.45, 7) is 6.29. The van der Waals surface area contributed by atoms with Crippen LogP contribution >= 0.6 is 11.3 Å². The third-order valence-electron chi connectivity index (χ3n) is 5.21. The normalized spacial score (nSPS) is 19.2. The fraction of sp³-hybridized carbons (Fsp3) is 0.409. The van der Waals surface area contributed by atoms with Crippen LogP contribution in [0.25, 0.3) is 5.69 Å². The van der Waals surface area contributed by atoms with Gasteiger partial charge in [-0.1, -0.05) is 6.07 Å². The largest absolute Gasteiger partial charge is 0.493 e. The summed E-state index contributed by atoms with van der Waals surface area (Å²) in [7, 11) is 1.36. The molecule has 3 aromatic rings. The Balaban J connectivity index is 1.47. The molecule has 0 saturated carbocycles. The summed E-state index contributed by atoms with van der Waals surface area (Å²) >= 11 is 1.28. The standard InChI is InChI=1S/C22H24F3N5O3S/c1-13-8-29(9-14(2)33-13)10-16-12-34-21(26-16)27-20(31)19-18(32-3)11-30(28-19)17-6-4-5-15(7-17)22(23,24)25/h4-7,11-14H,8-10H2,1-3H3,(H,26,27,31). The number of anilines is 1. The van der Waals surface area contributed by atoms with Gasteiger partial charge in [0.05, 0.1) is 42.5 Å². The van der Waals surface area contributed by atoms with Crippen LogP contribution in [0, 0.1) is 0 Å². The first-order chi connectivity index (χ1) is 16.1. The number of halogens is 3. The van der Waals surface area contributed by atoms with Crippen molar-refractivity contribution in [3.63, 3.8) is 0 Å². The van der Waals surface area contributed by atoms with Gasteiger partial charge in [0.1, 0.15) is 0 Å². The van der Waals surface area contributed by atoms with E-state index in [0.717, 1.165) is 30.9 Å². The van der Waals surface area contributed by atoms with E-state index in [9.17, 15) is 18.0 Å². The van der Waals surface area contributed by atoms with Gasteiger partial charge in [-0.05, 0) is 32.0 Å². The molecule has 0 bridgehead atoms. The molecule has 1 amide bonds. The van der Waals surface area contributed by atoms with Crippen molar-refractivity contribution in [3.8, 4) is 11.4 Å². The smallest absolute Gasteiger partial charge is 0.416 e. The number of carbonyl (C=O) groups excluding carboxylic acids is 1. The van der Waals surface area contributed by atoms with Crippen LogP contribution in [-0.2, 0) is 17.5 Å². The van der Waals surface area contributed by atoms with Crippen molar-refractivity contribution >= 4 is 22.4 Å². The number of rotatable bonds is 6. The van der Waals surface area contributed by atoms with Gasteiger partial charge in [-0.25, -0.2) is 9.67 Å². The summed E-state index contributed by atoms with van der Waals surface area (Å²) in [6.07, 6.45) is -2.85. The van der Waals surface area contributed by atoms with Gasteiger partial charge in [-0.2, -0.15) is 18.3 Å². The second kappa shape index (κ2) is 9.72. The van der Waals surface area contributed by atoms with E-state index in [2.05, 4.69) is 20.3 Å². The Morgan fingerprint density at radius 3 is 2.71 bits per heavy atom. The summed E-state index contributed by atoms with van der Waals surface area (Å²) in [5, 5.41) is 9.12. The Morgan fingerprint density at radius 1 is 1.29 bits per heavy atom. The number of alkyl halides is 3. The van der Waals surface area contributed by atoms with Crippen LogP contribution in [-0.4, -0.2) is 58.0 Å². The van der Waals surface area contributed by atoms with E-state index in [1.807, 2.05) is 19.2 Å². The van der Waals surface area contributed by atoms with Gasteiger partial charge in [0.15, 0.2) is 16.6 Å². The van der Waals surface area contributed by atoms with Crippen LogP contribution in [0.4, 0.5) is 18.3 Å². The Kier molecular flexibility index (Phi) is 6.91. The number of thiazole rings is 1. The molecule has 1 aliphatic rings. The Morgan fingerprint density at radius 2 is 2.03 bits per heavy atom. The third kappa shape index (κ3) is 5.57. The van der Waals surface area contributed by atoms with E-state index in [-0.39, 0.29) is 29.3 Å². The lowest BCUT2D eigenvalue weighted by Gasteiger charge is -2.34. The highest BCUT2D eigenvalue weighted by Crippen LogP contribution is 2.31.